The molecule has 0 fully saturated rings. The predicted octanol–water partition coefficient (Wildman–Crippen LogP) is 3.41. The lowest BCUT2D eigenvalue weighted by molar-refractivity contribution is 0.626. The zero-order valence-electron chi connectivity index (χ0n) is 6.85. The van der Waals surface area contributed by atoms with Gasteiger partial charge in [0.15, 0.2) is 0 Å². The molecule has 0 saturated carbocycles. The Balaban J connectivity index is 0. The molecule has 0 N–H and O–H groups in total. The normalized spacial score (nSPS) is 7.56. The van der Waals surface area contributed by atoms with Gasteiger partial charge in [-0.25, -0.2) is 0 Å². The molecule has 0 amide bonds. The fraction of sp³-hybridized carbons (Fsp3) is 0.556. The molecule has 0 saturated heterocycles. The second kappa shape index (κ2) is 10.5. The lowest BCUT2D eigenvalue weighted by atomic mass is 10.2. The van der Waals surface area contributed by atoms with Gasteiger partial charge in [-0.2, -0.15) is 0 Å². The van der Waals surface area contributed by atoms with Gasteiger partial charge in [0.2, 0.25) is 0 Å². The lowest BCUT2D eigenvalue weighted by Crippen LogP contribution is -1.77. The standard InChI is InChI=1S/C5H12.C4H6/c1-4-5(2)3;1-3-4-2/h5H,4H2,1-3H3;3-4H,1-2H2. The molecular weight excluding hydrogens is 108 g/mol. The van der Waals surface area contributed by atoms with Gasteiger partial charge in [-0.3, -0.25) is 0 Å². The third-order valence-corrected chi connectivity index (χ3v) is 0.983. The SMILES string of the molecule is C=CC=C.CCC(C)C. The minimum Gasteiger partial charge on any atom is -0.0991 e. The highest BCUT2D eigenvalue weighted by molar-refractivity contribution is 4.88. The van der Waals surface area contributed by atoms with Crippen molar-refractivity contribution in [3.63, 3.8) is 0 Å². The van der Waals surface area contributed by atoms with Crippen LogP contribution < -0.4 is 0 Å². The van der Waals surface area contributed by atoms with Gasteiger partial charge in [-0.15, -0.1) is 0 Å². The number of allylic oxidation sites excluding steroid dienone is 2. The van der Waals surface area contributed by atoms with Crippen molar-refractivity contribution in [2.24, 2.45) is 5.92 Å². The maximum Gasteiger partial charge on any atom is -0.0474 e. The van der Waals surface area contributed by atoms with Crippen molar-refractivity contribution in [3.05, 3.63) is 25.3 Å². The zero-order chi connectivity index (χ0) is 7.70. The molecule has 0 nitrogen and oxygen atoms in total. The highest BCUT2D eigenvalue weighted by Crippen LogP contribution is 1.93. The zero-order valence-corrected chi connectivity index (χ0v) is 6.85. The van der Waals surface area contributed by atoms with E-state index in [2.05, 4.69) is 33.9 Å². The maximum atomic E-state index is 3.36. The van der Waals surface area contributed by atoms with Crippen LogP contribution in [0.3, 0.4) is 0 Å². The molecule has 0 spiro atoms. The van der Waals surface area contributed by atoms with Crippen LogP contribution in [-0.2, 0) is 0 Å². The Bertz CT molecular complexity index is 54.4. The van der Waals surface area contributed by atoms with Gasteiger partial charge in [0, 0.05) is 0 Å². The molecule has 54 valence electrons. The predicted molar refractivity (Wildman–Crippen MR) is 45.5 cm³/mol. The van der Waals surface area contributed by atoms with E-state index in [4.69, 9.17) is 0 Å². The summed E-state index contributed by atoms with van der Waals surface area (Å²) in [6, 6.07) is 0. The first-order chi connectivity index (χ1) is 4.18. The van der Waals surface area contributed by atoms with Crippen LogP contribution in [-0.4, -0.2) is 0 Å². The summed E-state index contributed by atoms with van der Waals surface area (Å²) in [6.07, 6.45) is 4.58. The fourth-order valence-corrected chi connectivity index (χ4v) is 0. The van der Waals surface area contributed by atoms with E-state index in [1.807, 2.05) is 0 Å². The molecule has 0 aliphatic carbocycles. The summed E-state index contributed by atoms with van der Waals surface area (Å²) in [4.78, 5) is 0. The quantitative estimate of drug-likeness (QED) is 0.497. The molecule has 0 aromatic rings. The Morgan fingerprint density at radius 1 is 1.22 bits per heavy atom. The molecule has 0 unspecified atom stereocenters. The summed E-state index contributed by atoms with van der Waals surface area (Å²) in [5.41, 5.74) is 0. The van der Waals surface area contributed by atoms with Crippen LogP contribution in [0.5, 0.6) is 0 Å². The topological polar surface area (TPSA) is 0 Å². The smallest absolute Gasteiger partial charge is 0.0474 e. The summed E-state index contributed by atoms with van der Waals surface area (Å²) in [7, 11) is 0. The van der Waals surface area contributed by atoms with Gasteiger partial charge >= 0.3 is 0 Å². The molecular formula is C9H18. The van der Waals surface area contributed by atoms with E-state index < -0.39 is 0 Å². The van der Waals surface area contributed by atoms with Crippen molar-refractivity contribution in [1.29, 1.82) is 0 Å². The third kappa shape index (κ3) is 36.5. The van der Waals surface area contributed by atoms with Gasteiger partial charge < -0.3 is 0 Å². The van der Waals surface area contributed by atoms with Crippen molar-refractivity contribution in [2.45, 2.75) is 27.2 Å². The minimum absolute atomic E-state index is 0.884. The molecule has 0 aromatic heterocycles. The summed E-state index contributed by atoms with van der Waals surface area (Å²) in [6.45, 7) is 13.4. The Morgan fingerprint density at radius 2 is 1.44 bits per heavy atom. The van der Waals surface area contributed by atoms with E-state index in [1.54, 1.807) is 12.2 Å². The molecule has 0 aromatic carbocycles. The monoisotopic (exact) mass is 126 g/mol. The van der Waals surface area contributed by atoms with E-state index >= 15 is 0 Å². The second-order valence-electron chi connectivity index (χ2n) is 2.27. The van der Waals surface area contributed by atoms with Crippen molar-refractivity contribution in [1.82, 2.24) is 0 Å². The van der Waals surface area contributed by atoms with Gasteiger partial charge in [0.1, 0.15) is 0 Å². The van der Waals surface area contributed by atoms with E-state index in [9.17, 15) is 0 Å². The first kappa shape index (κ1) is 11.3. The van der Waals surface area contributed by atoms with Crippen LogP contribution in [0.4, 0.5) is 0 Å². The summed E-state index contributed by atoms with van der Waals surface area (Å²) < 4.78 is 0. The minimum atomic E-state index is 0.884. The van der Waals surface area contributed by atoms with Gasteiger partial charge in [0.25, 0.3) is 0 Å². The highest BCUT2D eigenvalue weighted by atomic mass is 13.9. The molecule has 0 bridgehead atoms. The fourth-order valence-electron chi connectivity index (χ4n) is 0. The molecule has 0 atom stereocenters. The van der Waals surface area contributed by atoms with Gasteiger partial charge in [0.05, 0.1) is 0 Å². The molecule has 0 aliphatic heterocycles. The lowest BCUT2D eigenvalue weighted by Gasteiger charge is -1.90. The molecule has 9 heavy (non-hydrogen) atoms. The first-order valence-electron chi connectivity index (χ1n) is 3.42. The van der Waals surface area contributed by atoms with Crippen LogP contribution in [0, 0.1) is 5.92 Å². The molecule has 0 heterocycles. The maximum absolute atomic E-state index is 3.36. The second-order valence-corrected chi connectivity index (χ2v) is 2.27. The number of hydrogen-bond acceptors (Lipinski definition) is 0. The Kier molecular flexibility index (Phi) is 13.1. The Labute approximate surface area is 59.3 Å². The number of rotatable bonds is 2. The molecule has 0 radical (unpaired) electrons. The van der Waals surface area contributed by atoms with Crippen LogP contribution in [0.2, 0.25) is 0 Å². The average Bonchev–Trinajstić information content (AvgIpc) is 1.89. The van der Waals surface area contributed by atoms with E-state index in [-0.39, 0.29) is 0 Å². The Hall–Kier alpha value is -0.520. The van der Waals surface area contributed by atoms with E-state index in [1.165, 1.54) is 6.42 Å². The van der Waals surface area contributed by atoms with Crippen molar-refractivity contribution in [3.8, 4) is 0 Å². The highest BCUT2D eigenvalue weighted by Gasteiger charge is 1.80. The Morgan fingerprint density at radius 3 is 1.44 bits per heavy atom. The van der Waals surface area contributed by atoms with Crippen molar-refractivity contribution in [2.75, 3.05) is 0 Å². The van der Waals surface area contributed by atoms with Crippen LogP contribution in [0.1, 0.15) is 27.2 Å². The molecule has 0 heteroatoms. The molecule has 0 aliphatic rings. The van der Waals surface area contributed by atoms with Crippen LogP contribution >= 0.6 is 0 Å². The first-order valence-corrected chi connectivity index (χ1v) is 3.42. The van der Waals surface area contributed by atoms with E-state index in [0.717, 1.165) is 5.92 Å². The van der Waals surface area contributed by atoms with Gasteiger partial charge in [-0.1, -0.05) is 52.5 Å². The summed E-state index contributed by atoms with van der Waals surface area (Å²) in [5, 5.41) is 0. The molecule has 0 rings (SSSR count). The van der Waals surface area contributed by atoms with E-state index in [0.29, 0.717) is 0 Å². The largest absolute Gasteiger partial charge is 0.0991 e. The van der Waals surface area contributed by atoms with Crippen LogP contribution in [0.25, 0.3) is 0 Å². The van der Waals surface area contributed by atoms with Crippen molar-refractivity contribution < 1.29 is 0 Å². The third-order valence-electron chi connectivity index (χ3n) is 0.983. The summed E-state index contributed by atoms with van der Waals surface area (Å²) in [5.74, 6) is 0.884. The average molecular weight is 126 g/mol. The van der Waals surface area contributed by atoms with Crippen molar-refractivity contribution >= 4 is 0 Å². The van der Waals surface area contributed by atoms with Crippen LogP contribution in [0.15, 0.2) is 25.3 Å². The summed E-state index contributed by atoms with van der Waals surface area (Å²) >= 11 is 0. The van der Waals surface area contributed by atoms with Gasteiger partial charge in [-0.05, 0) is 5.92 Å². The number of hydrogen-bond donors (Lipinski definition) is 0.